The first-order valence-corrected chi connectivity index (χ1v) is 10.2. The van der Waals surface area contributed by atoms with Gasteiger partial charge in [-0.25, -0.2) is 13.1 Å². The standard InChI is InChI=1S/C16H19N3O4S2/c1-17-16(20)15-7-13(10-24-15)25(21,22)19-14-9-23-8-12(14)6-11-2-4-18-5-3-11/h2-5,7,10,12,14,19H,6,8-9H2,1H3,(H,17,20)/t12-,14+/m1/s1. The number of aromatic nitrogens is 1. The third kappa shape index (κ3) is 4.24. The molecule has 0 aromatic carbocycles. The van der Waals surface area contributed by atoms with Crippen LogP contribution in [0.1, 0.15) is 15.2 Å². The highest BCUT2D eigenvalue weighted by atomic mass is 32.2. The average molecular weight is 381 g/mol. The fourth-order valence-corrected chi connectivity index (χ4v) is 5.23. The van der Waals surface area contributed by atoms with Crippen molar-refractivity contribution in [2.75, 3.05) is 20.3 Å². The van der Waals surface area contributed by atoms with E-state index in [0.717, 1.165) is 16.9 Å². The molecule has 7 nitrogen and oxygen atoms in total. The van der Waals surface area contributed by atoms with Crippen LogP contribution in [-0.2, 0) is 21.2 Å². The molecule has 1 fully saturated rings. The van der Waals surface area contributed by atoms with E-state index in [2.05, 4.69) is 15.0 Å². The summed E-state index contributed by atoms with van der Waals surface area (Å²) in [6.45, 7) is 0.837. The highest BCUT2D eigenvalue weighted by Crippen LogP contribution is 2.23. The van der Waals surface area contributed by atoms with Gasteiger partial charge in [-0.2, -0.15) is 0 Å². The van der Waals surface area contributed by atoms with Crippen molar-refractivity contribution in [2.45, 2.75) is 17.4 Å². The summed E-state index contributed by atoms with van der Waals surface area (Å²) in [5.74, 6) is -0.250. The number of carbonyl (C=O) groups is 1. The minimum absolute atomic E-state index is 0.0502. The zero-order valence-electron chi connectivity index (χ0n) is 13.6. The van der Waals surface area contributed by atoms with Gasteiger partial charge in [0.15, 0.2) is 0 Å². The molecule has 0 aliphatic carbocycles. The van der Waals surface area contributed by atoms with E-state index < -0.39 is 10.0 Å². The van der Waals surface area contributed by atoms with Gasteiger partial charge in [-0.3, -0.25) is 9.78 Å². The minimum atomic E-state index is -3.70. The number of thiophene rings is 1. The van der Waals surface area contributed by atoms with Crippen molar-refractivity contribution in [3.8, 4) is 0 Å². The average Bonchev–Trinajstić information content (AvgIpc) is 3.25. The molecule has 3 rings (SSSR count). The second kappa shape index (κ2) is 7.61. The van der Waals surface area contributed by atoms with Gasteiger partial charge in [0.1, 0.15) is 0 Å². The summed E-state index contributed by atoms with van der Waals surface area (Å²) >= 11 is 1.10. The first-order chi connectivity index (χ1) is 12.0. The van der Waals surface area contributed by atoms with Gasteiger partial charge in [0.05, 0.1) is 29.0 Å². The van der Waals surface area contributed by atoms with E-state index in [1.165, 1.54) is 18.5 Å². The summed E-state index contributed by atoms with van der Waals surface area (Å²) in [7, 11) is -2.19. The van der Waals surface area contributed by atoms with Gasteiger partial charge in [0, 0.05) is 30.7 Å². The maximum Gasteiger partial charge on any atom is 0.261 e. The number of nitrogens with one attached hydrogen (secondary N) is 2. The fraction of sp³-hybridized carbons (Fsp3) is 0.375. The number of nitrogens with zero attached hydrogens (tertiary/aromatic N) is 1. The fourth-order valence-electron chi connectivity index (χ4n) is 2.72. The molecule has 0 saturated carbocycles. The summed E-state index contributed by atoms with van der Waals surface area (Å²) in [4.78, 5) is 16.1. The Morgan fingerprint density at radius 1 is 1.36 bits per heavy atom. The highest BCUT2D eigenvalue weighted by molar-refractivity contribution is 7.89. The molecule has 1 amide bonds. The molecule has 1 aliphatic rings. The summed E-state index contributed by atoms with van der Waals surface area (Å²) in [5.41, 5.74) is 1.09. The second-order valence-corrected chi connectivity index (χ2v) is 8.44. The normalized spacial score (nSPS) is 20.5. The number of pyridine rings is 1. The van der Waals surface area contributed by atoms with Gasteiger partial charge in [-0.05, 0) is 30.2 Å². The van der Waals surface area contributed by atoms with E-state index in [1.807, 2.05) is 12.1 Å². The highest BCUT2D eigenvalue weighted by Gasteiger charge is 2.32. The van der Waals surface area contributed by atoms with Crippen molar-refractivity contribution in [3.63, 3.8) is 0 Å². The molecule has 3 heterocycles. The Bertz CT molecular complexity index is 836. The molecule has 2 aromatic rings. The van der Waals surface area contributed by atoms with Crippen LogP contribution in [0, 0.1) is 5.92 Å². The van der Waals surface area contributed by atoms with Crippen LogP contribution in [0.4, 0.5) is 0 Å². The lowest BCUT2D eigenvalue weighted by molar-refractivity contribution is 0.0967. The maximum atomic E-state index is 12.6. The van der Waals surface area contributed by atoms with Crippen LogP contribution in [0.2, 0.25) is 0 Å². The number of ether oxygens (including phenoxy) is 1. The van der Waals surface area contributed by atoms with Crippen LogP contribution in [-0.4, -0.2) is 45.6 Å². The molecular formula is C16H19N3O4S2. The van der Waals surface area contributed by atoms with E-state index in [0.29, 0.717) is 24.5 Å². The van der Waals surface area contributed by atoms with Gasteiger partial charge in [0.25, 0.3) is 5.91 Å². The van der Waals surface area contributed by atoms with Gasteiger partial charge in [0.2, 0.25) is 10.0 Å². The molecule has 0 bridgehead atoms. The van der Waals surface area contributed by atoms with Crippen LogP contribution in [0.3, 0.4) is 0 Å². The largest absolute Gasteiger partial charge is 0.379 e. The number of carbonyl (C=O) groups excluding carboxylic acids is 1. The third-order valence-electron chi connectivity index (χ3n) is 4.09. The monoisotopic (exact) mass is 381 g/mol. The minimum Gasteiger partial charge on any atom is -0.379 e. The predicted molar refractivity (Wildman–Crippen MR) is 94.1 cm³/mol. The van der Waals surface area contributed by atoms with Crippen LogP contribution in [0.5, 0.6) is 0 Å². The first kappa shape index (κ1) is 18.0. The molecule has 25 heavy (non-hydrogen) atoms. The second-order valence-electron chi connectivity index (χ2n) is 5.81. The topological polar surface area (TPSA) is 97.4 Å². The Hall–Kier alpha value is -1.81. The van der Waals surface area contributed by atoms with E-state index in [4.69, 9.17) is 4.74 Å². The molecule has 2 atom stereocenters. The molecule has 2 aromatic heterocycles. The summed E-state index contributed by atoms with van der Waals surface area (Å²) in [6, 6.07) is 4.91. The van der Waals surface area contributed by atoms with E-state index in [9.17, 15) is 13.2 Å². The Morgan fingerprint density at radius 3 is 2.84 bits per heavy atom. The Kier molecular flexibility index (Phi) is 5.48. The molecule has 1 aliphatic heterocycles. The molecule has 0 unspecified atom stereocenters. The van der Waals surface area contributed by atoms with Gasteiger partial charge in [-0.15, -0.1) is 11.3 Å². The maximum absolute atomic E-state index is 12.6. The van der Waals surface area contributed by atoms with Crippen molar-refractivity contribution in [3.05, 3.63) is 46.4 Å². The lowest BCUT2D eigenvalue weighted by atomic mass is 9.96. The third-order valence-corrected chi connectivity index (χ3v) is 6.64. The number of rotatable bonds is 6. The van der Waals surface area contributed by atoms with Crippen molar-refractivity contribution in [2.24, 2.45) is 5.92 Å². The number of amides is 1. The molecule has 9 heteroatoms. The van der Waals surface area contributed by atoms with E-state index >= 15 is 0 Å². The lowest BCUT2D eigenvalue weighted by Crippen LogP contribution is -2.40. The predicted octanol–water partition coefficient (Wildman–Crippen LogP) is 1.04. The van der Waals surface area contributed by atoms with Gasteiger partial charge >= 0.3 is 0 Å². The molecule has 2 N–H and O–H groups in total. The van der Waals surface area contributed by atoms with Gasteiger partial charge < -0.3 is 10.1 Å². The van der Waals surface area contributed by atoms with E-state index in [1.54, 1.807) is 12.4 Å². The summed E-state index contributed by atoms with van der Waals surface area (Å²) in [5, 5.41) is 3.96. The van der Waals surface area contributed by atoms with Crippen LogP contribution >= 0.6 is 11.3 Å². The first-order valence-electron chi connectivity index (χ1n) is 7.79. The Labute approximate surface area is 150 Å². The zero-order valence-corrected chi connectivity index (χ0v) is 15.3. The number of hydrogen-bond donors (Lipinski definition) is 2. The van der Waals surface area contributed by atoms with Gasteiger partial charge in [-0.1, -0.05) is 0 Å². The summed E-state index contributed by atoms with van der Waals surface area (Å²) in [6.07, 6.45) is 4.15. The van der Waals surface area contributed by atoms with Crippen molar-refractivity contribution < 1.29 is 17.9 Å². The van der Waals surface area contributed by atoms with Crippen molar-refractivity contribution in [1.82, 2.24) is 15.0 Å². The number of hydrogen-bond acceptors (Lipinski definition) is 6. The van der Waals surface area contributed by atoms with Crippen LogP contribution in [0.25, 0.3) is 0 Å². The van der Waals surface area contributed by atoms with E-state index in [-0.39, 0.29) is 22.8 Å². The smallest absolute Gasteiger partial charge is 0.261 e. The zero-order chi connectivity index (χ0) is 17.9. The van der Waals surface area contributed by atoms with Crippen LogP contribution < -0.4 is 10.0 Å². The quantitative estimate of drug-likeness (QED) is 0.779. The molecular weight excluding hydrogens is 362 g/mol. The Balaban J connectivity index is 1.71. The molecule has 134 valence electrons. The van der Waals surface area contributed by atoms with Crippen molar-refractivity contribution >= 4 is 27.3 Å². The molecule has 1 saturated heterocycles. The van der Waals surface area contributed by atoms with Crippen LogP contribution in [0.15, 0.2) is 40.9 Å². The SMILES string of the molecule is CNC(=O)c1cc(S(=O)(=O)N[C@H]2COC[C@H]2Cc2ccncc2)cs1. The lowest BCUT2D eigenvalue weighted by Gasteiger charge is -2.18. The molecule has 0 radical (unpaired) electrons. The Morgan fingerprint density at radius 2 is 2.12 bits per heavy atom. The van der Waals surface area contributed by atoms with Crippen molar-refractivity contribution in [1.29, 1.82) is 0 Å². The summed E-state index contributed by atoms with van der Waals surface area (Å²) < 4.78 is 33.4. The molecule has 0 spiro atoms. The number of sulfonamides is 1.